The average Bonchev–Trinajstić information content (AvgIpc) is 2.53. The molecule has 0 aliphatic rings. The molecule has 0 aliphatic heterocycles. The van der Waals surface area contributed by atoms with Crippen LogP contribution >= 0.6 is 11.8 Å². The number of hydrogen-bond donors (Lipinski definition) is 0. The van der Waals surface area contributed by atoms with E-state index in [0.717, 1.165) is 11.3 Å². The molecule has 20 heavy (non-hydrogen) atoms. The average molecular weight is 286 g/mol. The number of aryl methyl sites for hydroxylation is 1. The molecule has 2 aromatic carbocycles. The van der Waals surface area contributed by atoms with Crippen LogP contribution < -0.4 is 0 Å². The first-order valence-electron chi connectivity index (χ1n) is 6.62. The van der Waals surface area contributed by atoms with Crippen LogP contribution in [0.2, 0.25) is 0 Å². The Morgan fingerprint density at radius 2 is 1.55 bits per heavy atom. The molecule has 0 atom stereocenters. The maximum absolute atomic E-state index is 11.1. The summed E-state index contributed by atoms with van der Waals surface area (Å²) < 4.78 is 4.63. The molecule has 0 spiro atoms. The van der Waals surface area contributed by atoms with Gasteiger partial charge in [-0.3, -0.25) is 4.79 Å². The largest absolute Gasteiger partial charge is 0.468 e. The number of carbonyl (C=O) groups excluding carboxylic acids is 1. The van der Waals surface area contributed by atoms with Crippen LogP contribution in [0, 0.1) is 0 Å². The van der Waals surface area contributed by atoms with Crippen LogP contribution in [0.15, 0.2) is 53.4 Å². The summed E-state index contributed by atoms with van der Waals surface area (Å²) in [5, 5.41) is 0. The van der Waals surface area contributed by atoms with Gasteiger partial charge in [0, 0.05) is 4.90 Å². The van der Waals surface area contributed by atoms with Gasteiger partial charge in [0.25, 0.3) is 0 Å². The van der Waals surface area contributed by atoms with E-state index >= 15 is 0 Å². The quantitative estimate of drug-likeness (QED) is 0.609. The first-order chi connectivity index (χ1) is 9.72. The Balaban J connectivity index is 2.05. The molecule has 104 valence electrons. The molecule has 0 aromatic heterocycles. The molecule has 0 aliphatic carbocycles. The van der Waals surface area contributed by atoms with Crippen LogP contribution in [-0.4, -0.2) is 18.8 Å². The van der Waals surface area contributed by atoms with Gasteiger partial charge in [0.2, 0.25) is 0 Å². The first-order valence-corrected chi connectivity index (χ1v) is 7.60. The SMILES string of the molecule is CCc1ccc(-c2ccc(SCC(=O)OC)cc2)cc1. The van der Waals surface area contributed by atoms with E-state index in [9.17, 15) is 4.79 Å². The number of ether oxygens (including phenoxy) is 1. The van der Waals surface area contributed by atoms with E-state index in [1.807, 2.05) is 12.1 Å². The van der Waals surface area contributed by atoms with Crippen LogP contribution in [-0.2, 0) is 16.0 Å². The van der Waals surface area contributed by atoms with Crippen molar-refractivity contribution in [3.05, 3.63) is 54.1 Å². The van der Waals surface area contributed by atoms with Crippen molar-refractivity contribution in [3.63, 3.8) is 0 Å². The molecule has 0 heterocycles. The lowest BCUT2D eigenvalue weighted by atomic mass is 10.0. The number of benzene rings is 2. The fourth-order valence-corrected chi connectivity index (χ4v) is 2.61. The van der Waals surface area contributed by atoms with Crippen molar-refractivity contribution >= 4 is 17.7 Å². The van der Waals surface area contributed by atoms with Gasteiger partial charge >= 0.3 is 5.97 Å². The van der Waals surface area contributed by atoms with E-state index in [1.165, 1.54) is 35.6 Å². The van der Waals surface area contributed by atoms with Crippen molar-refractivity contribution in [2.45, 2.75) is 18.2 Å². The van der Waals surface area contributed by atoms with Crippen molar-refractivity contribution < 1.29 is 9.53 Å². The topological polar surface area (TPSA) is 26.3 Å². The standard InChI is InChI=1S/C17H18O2S/c1-3-13-4-6-14(7-5-13)15-8-10-16(11-9-15)20-12-17(18)19-2/h4-11H,3,12H2,1-2H3. The third kappa shape index (κ3) is 3.87. The van der Waals surface area contributed by atoms with Gasteiger partial charge in [-0.15, -0.1) is 11.8 Å². The molecule has 2 aromatic rings. The Labute approximate surface area is 124 Å². The Hall–Kier alpha value is -1.74. The van der Waals surface area contributed by atoms with Crippen molar-refractivity contribution in [1.29, 1.82) is 0 Å². The Morgan fingerprint density at radius 1 is 1.00 bits per heavy atom. The lowest BCUT2D eigenvalue weighted by molar-refractivity contribution is -0.137. The Kier molecular flexibility index (Phi) is 5.24. The van der Waals surface area contributed by atoms with Crippen LogP contribution in [0.25, 0.3) is 11.1 Å². The normalized spacial score (nSPS) is 10.3. The summed E-state index contributed by atoms with van der Waals surface area (Å²) in [4.78, 5) is 12.2. The summed E-state index contributed by atoms with van der Waals surface area (Å²) in [6.45, 7) is 2.16. The molecule has 0 unspecified atom stereocenters. The maximum Gasteiger partial charge on any atom is 0.315 e. The highest BCUT2D eigenvalue weighted by atomic mass is 32.2. The molecule has 0 fully saturated rings. The molecule has 0 amide bonds. The molecule has 0 saturated heterocycles. The molecule has 0 radical (unpaired) electrons. The third-order valence-corrected chi connectivity index (χ3v) is 4.12. The number of hydrogen-bond acceptors (Lipinski definition) is 3. The molecule has 0 saturated carbocycles. The van der Waals surface area contributed by atoms with Gasteiger partial charge in [-0.05, 0) is 35.2 Å². The zero-order valence-corrected chi connectivity index (χ0v) is 12.6. The van der Waals surface area contributed by atoms with Gasteiger partial charge in [0.1, 0.15) is 0 Å². The monoisotopic (exact) mass is 286 g/mol. The van der Waals surface area contributed by atoms with E-state index in [0.29, 0.717) is 5.75 Å². The second-order valence-corrected chi connectivity index (χ2v) is 5.49. The highest BCUT2D eigenvalue weighted by Crippen LogP contribution is 2.24. The van der Waals surface area contributed by atoms with Crippen LogP contribution in [0.5, 0.6) is 0 Å². The third-order valence-electron chi connectivity index (χ3n) is 3.13. The van der Waals surface area contributed by atoms with Crippen molar-refractivity contribution in [2.24, 2.45) is 0 Å². The second kappa shape index (κ2) is 7.15. The number of rotatable bonds is 5. The second-order valence-electron chi connectivity index (χ2n) is 4.44. The molecule has 2 nitrogen and oxygen atoms in total. The molecule has 2 rings (SSSR count). The molecule has 0 bridgehead atoms. The smallest absolute Gasteiger partial charge is 0.315 e. The minimum Gasteiger partial charge on any atom is -0.468 e. The zero-order valence-electron chi connectivity index (χ0n) is 11.8. The fraction of sp³-hybridized carbons (Fsp3) is 0.235. The van der Waals surface area contributed by atoms with Gasteiger partial charge in [-0.1, -0.05) is 43.3 Å². The predicted octanol–water partition coefficient (Wildman–Crippen LogP) is 4.18. The molecular formula is C17H18O2S. The van der Waals surface area contributed by atoms with Crippen LogP contribution in [0.4, 0.5) is 0 Å². The zero-order chi connectivity index (χ0) is 14.4. The lowest BCUT2D eigenvalue weighted by Gasteiger charge is -2.05. The summed E-state index contributed by atoms with van der Waals surface area (Å²) >= 11 is 1.49. The van der Waals surface area contributed by atoms with E-state index in [-0.39, 0.29) is 5.97 Å². The van der Waals surface area contributed by atoms with Gasteiger partial charge < -0.3 is 4.74 Å². The van der Waals surface area contributed by atoms with E-state index in [1.54, 1.807) is 0 Å². The Bertz CT molecular complexity index is 559. The van der Waals surface area contributed by atoms with Crippen LogP contribution in [0.3, 0.4) is 0 Å². The van der Waals surface area contributed by atoms with Crippen LogP contribution in [0.1, 0.15) is 12.5 Å². The van der Waals surface area contributed by atoms with E-state index in [4.69, 9.17) is 0 Å². The summed E-state index contributed by atoms with van der Waals surface area (Å²) in [6.07, 6.45) is 1.06. The van der Waals surface area contributed by atoms with E-state index < -0.39 is 0 Å². The molecule has 0 N–H and O–H groups in total. The molecular weight excluding hydrogens is 268 g/mol. The minimum absolute atomic E-state index is 0.200. The first kappa shape index (κ1) is 14.7. The maximum atomic E-state index is 11.1. The van der Waals surface area contributed by atoms with Gasteiger partial charge in [0.15, 0.2) is 0 Å². The van der Waals surface area contributed by atoms with E-state index in [2.05, 4.69) is 48.1 Å². The van der Waals surface area contributed by atoms with Gasteiger partial charge in [-0.2, -0.15) is 0 Å². The summed E-state index contributed by atoms with van der Waals surface area (Å²) in [6, 6.07) is 16.9. The minimum atomic E-state index is -0.200. The summed E-state index contributed by atoms with van der Waals surface area (Å²) in [5.41, 5.74) is 3.75. The highest BCUT2D eigenvalue weighted by Gasteiger charge is 2.03. The van der Waals surface area contributed by atoms with Crippen molar-refractivity contribution in [2.75, 3.05) is 12.9 Å². The van der Waals surface area contributed by atoms with Crippen molar-refractivity contribution in [3.8, 4) is 11.1 Å². The number of methoxy groups -OCH3 is 1. The number of thioether (sulfide) groups is 1. The highest BCUT2D eigenvalue weighted by molar-refractivity contribution is 8.00. The number of carbonyl (C=O) groups is 1. The van der Waals surface area contributed by atoms with Gasteiger partial charge in [0.05, 0.1) is 12.9 Å². The molecule has 3 heteroatoms. The lowest BCUT2D eigenvalue weighted by Crippen LogP contribution is -2.02. The number of esters is 1. The predicted molar refractivity (Wildman–Crippen MR) is 84.0 cm³/mol. The van der Waals surface area contributed by atoms with Gasteiger partial charge in [-0.25, -0.2) is 0 Å². The summed E-state index contributed by atoms with van der Waals surface area (Å²) in [7, 11) is 1.41. The van der Waals surface area contributed by atoms with Crippen molar-refractivity contribution in [1.82, 2.24) is 0 Å². The fourth-order valence-electron chi connectivity index (χ4n) is 1.88. The summed E-state index contributed by atoms with van der Waals surface area (Å²) in [5.74, 6) is 0.148. The Morgan fingerprint density at radius 3 is 2.05 bits per heavy atom.